The number of rotatable bonds is 6. The summed E-state index contributed by atoms with van der Waals surface area (Å²) in [7, 11) is 4.15. The van der Waals surface area contributed by atoms with Crippen LogP contribution in [0.3, 0.4) is 0 Å². The third kappa shape index (κ3) is 10.7. The molecule has 3 unspecified atom stereocenters. The fourth-order valence-corrected chi connectivity index (χ4v) is 2.92. The van der Waals surface area contributed by atoms with E-state index < -0.39 is 11.9 Å². The zero-order chi connectivity index (χ0) is 19.6. The summed E-state index contributed by atoms with van der Waals surface area (Å²) < 4.78 is 0. The van der Waals surface area contributed by atoms with E-state index >= 15 is 0 Å². The van der Waals surface area contributed by atoms with Gasteiger partial charge >= 0.3 is 11.9 Å². The second-order valence-electron chi connectivity index (χ2n) is 7.13. The van der Waals surface area contributed by atoms with Crippen LogP contribution in [-0.2, 0) is 14.4 Å². The fourth-order valence-electron chi connectivity index (χ4n) is 2.92. The summed E-state index contributed by atoms with van der Waals surface area (Å²) in [6, 6.07) is -0.0559. The Kier molecular flexibility index (Phi) is 11.0. The van der Waals surface area contributed by atoms with E-state index in [0.717, 1.165) is 32.6 Å². The molecule has 1 rings (SSSR count). The van der Waals surface area contributed by atoms with E-state index in [-0.39, 0.29) is 11.9 Å². The van der Waals surface area contributed by atoms with E-state index in [1.807, 2.05) is 11.8 Å². The molecular formula is C17H33N3O5. The van der Waals surface area contributed by atoms with Crippen molar-refractivity contribution >= 4 is 17.8 Å². The fraction of sp³-hybridized carbons (Fsp3) is 0.824. The van der Waals surface area contributed by atoms with Crippen LogP contribution in [0.25, 0.3) is 0 Å². The molecule has 3 atom stereocenters. The minimum atomic E-state index is -1.82. The molecule has 8 nitrogen and oxygen atoms in total. The molecule has 8 heteroatoms. The first-order valence-corrected chi connectivity index (χ1v) is 8.67. The molecule has 0 spiro atoms. The standard InChI is InChI=1S/C15H31N3O.C2H2O4/c1-12-9-13(2)11-18(10-12)15(19)14(3)16-7-6-8-17(4)5;3-1(4)2(5)6/h12-14,16H,6-11H2,1-5H3;(H,3,4)(H,5,6). The van der Waals surface area contributed by atoms with Crippen molar-refractivity contribution in [1.82, 2.24) is 15.1 Å². The maximum absolute atomic E-state index is 12.4. The topological polar surface area (TPSA) is 110 Å². The molecule has 25 heavy (non-hydrogen) atoms. The Balaban J connectivity index is 0.000000823. The quantitative estimate of drug-likeness (QED) is 0.470. The van der Waals surface area contributed by atoms with E-state index in [2.05, 4.69) is 38.2 Å². The van der Waals surface area contributed by atoms with Gasteiger partial charge in [-0.3, -0.25) is 4.79 Å². The highest BCUT2D eigenvalue weighted by Crippen LogP contribution is 2.21. The first kappa shape index (κ1) is 23.3. The van der Waals surface area contributed by atoms with Gasteiger partial charge in [-0.1, -0.05) is 13.8 Å². The molecule has 1 amide bonds. The predicted octanol–water partition coefficient (Wildman–Crippen LogP) is 0.576. The zero-order valence-electron chi connectivity index (χ0n) is 16.0. The molecule has 0 radical (unpaired) electrons. The molecule has 0 aromatic heterocycles. The molecule has 1 fully saturated rings. The van der Waals surface area contributed by atoms with Crippen molar-refractivity contribution in [2.24, 2.45) is 11.8 Å². The number of aliphatic carboxylic acids is 2. The molecule has 3 N–H and O–H groups in total. The number of carbonyl (C=O) groups excluding carboxylic acids is 1. The summed E-state index contributed by atoms with van der Waals surface area (Å²) in [5.74, 6) is -2.12. The number of nitrogens with zero attached hydrogens (tertiary/aromatic N) is 2. The molecule has 0 aliphatic carbocycles. The lowest BCUT2D eigenvalue weighted by atomic mass is 9.91. The Labute approximate surface area is 150 Å². The van der Waals surface area contributed by atoms with E-state index in [0.29, 0.717) is 11.8 Å². The highest BCUT2D eigenvalue weighted by molar-refractivity contribution is 6.27. The normalized spacial score (nSPS) is 21.3. The van der Waals surface area contributed by atoms with Crippen LogP contribution in [0.5, 0.6) is 0 Å². The molecule has 1 aliphatic rings. The lowest BCUT2D eigenvalue weighted by molar-refractivity contribution is -0.159. The van der Waals surface area contributed by atoms with Gasteiger partial charge in [0.2, 0.25) is 5.91 Å². The zero-order valence-corrected chi connectivity index (χ0v) is 16.0. The number of hydrogen-bond acceptors (Lipinski definition) is 5. The van der Waals surface area contributed by atoms with Crippen molar-refractivity contribution in [2.45, 2.75) is 39.7 Å². The van der Waals surface area contributed by atoms with Crippen molar-refractivity contribution in [1.29, 1.82) is 0 Å². The van der Waals surface area contributed by atoms with Crippen LogP contribution in [0.15, 0.2) is 0 Å². The lowest BCUT2D eigenvalue weighted by Crippen LogP contribution is -2.50. The Morgan fingerprint density at radius 3 is 2.00 bits per heavy atom. The van der Waals surface area contributed by atoms with E-state index in [9.17, 15) is 4.79 Å². The largest absolute Gasteiger partial charge is 0.473 e. The van der Waals surface area contributed by atoms with E-state index in [1.165, 1.54) is 6.42 Å². The minimum absolute atomic E-state index is 0.0559. The summed E-state index contributed by atoms with van der Waals surface area (Å²) in [6.45, 7) is 10.3. The minimum Gasteiger partial charge on any atom is -0.473 e. The van der Waals surface area contributed by atoms with E-state index in [4.69, 9.17) is 19.8 Å². The summed E-state index contributed by atoms with van der Waals surface area (Å²) >= 11 is 0. The van der Waals surface area contributed by atoms with Crippen LogP contribution in [0.1, 0.15) is 33.6 Å². The predicted molar refractivity (Wildman–Crippen MR) is 95.4 cm³/mol. The molecule has 1 aliphatic heterocycles. The van der Waals surface area contributed by atoms with Gasteiger partial charge in [0.25, 0.3) is 0 Å². The number of nitrogens with one attached hydrogen (secondary N) is 1. The van der Waals surface area contributed by atoms with Crippen molar-refractivity contribution in [2.75, 3.05) is 40.3 Å². The Morgan fingerprint density at radius 1 is 1.12 bits per heavy atom. The molecule has 0 aromatic rings. The molecule has 146 valence electrons. The SMILES string of the molecule is CC1CC(C)CN(C(=O)C(C)NCCCN(C)C)C1.O=C(O)C(=O)O. The van der Waals surface area contributed by atoms with Crippen LogP contribution >= 0.6 is 0 Å². The molecule has 1 heterocycles. The van der Waals surface area contributed by atoms with Crippen LogP contribution in [0, 0.1) is 11.8 Å². The second-order valence-corrected chi connectivity index (χ2v) is 7.13. The number of carboxylic acid groups (broad SMARTS) is 2. The van der Waals surface area contributed by atoms with Gasteiger partial charge in [0.15, 0.2) is 0 Å². The number of hydrogen-bond donors (Lipinski definition) is 3. The Hall–Kier alpha value is -1.67. The van der Waals surface area contributed by atoms with Gasteiger partial charge in [0, 0.05) is 13.1 Å². The molecule has 0 aromatic carbocycles. The summed E-state index contributed by atoms with van der Waals surface area (Å²) in [5, 5.41) is 18.1. The molecule has 0 saturated carbocycles. The van der Waals surface area contributed by atoms with Crippen LogP contribution < -0.4 is 5.32 Å². The van der Waals surface area contributed by atoms with Gasteiger partial charge in [-0.25, -0.2) is 9.59 Å². The maximum atomic E-state index is 12.4. The third-order valence-corrected chi connectivity index (χ3v) is 3.97. The van der Waals surface area contributed by atoms with Crippen molar-refractivity contribution in [3.63, 3.8) is 0 Å². The van der Waals surface area contributed by atoms with Crippen molar-refractivity contribution < 1.29 is 24.6 Å². The third-order valence-electron chi connectivity index (χ3n) is 3.97. The number of likely N-dealkylation sites (tertiary alicyclic amines) is 1. The first-order valence-electron chi connectivity index (χ1n) is 8.67. The smallest absolute Gasteiger partial charge is 0.414 e. The van der Waals surface area contributed by atoms with Crippen LogP contribution in [0.2, 0.25) is 0 Å². The number of carbonyl (C=O) groups is 3. The van der Waals surface area contributed by atoms with E-state index in [1.54, 1.807) is 0 Å². The van der Waals surface area contributed by atoms with Crippen LogP contribution in [-0.4, -0.2) is 84.2 Å². The molecular weight excluding hydrogens is 326 g/mol. The number of piperidine rings is 1. The summed E-state index contributed by atoms with van der Waals surface area (Å²) in [4.78, 5) is 34.8. The van der Waals surface area contributed by atoms with Gasteiger partial charge in [0.1, 0.15) is 0 Å². The van der Waals surface area contributed by atoms with Crippen molar-refractivity contribution in [3.05, 3.63) is 0 Å². The van der Waals surface area contributed by atoms with Gasteiger partial charge in [-0.15, -0.1) is 0 Å². The lowest BCUT2D eigenvalue weighted by Gasteiger charge is -2.36. The van der Waals surface area contributed by atoms with Gasteiger partial charge in [0.05, 0.1) is 6.04 Å². The summed E-state index contributed by atoms with van der Waals surface area (Å²) in [5.41, 5.74) is 0. The molecule has 0 bridgehead atoms. The highest BCUT2D eigenvalue weighted by Gasteiger charge is 2.27. The van der Waals surface area contributed by atoms with Gasteiger partial charge in [-0.05, 0) is 58.8 Å². The number of carboxylic acids is 2. The second kappa shape index (κ2) is 11.8. The van der Waals surface area contributed by atoms with Crippen LogP contribution in [0.4, 0.5) is 0 Å². The number of amides is 1. The van der Waals surface area contributed by atoms with Crippen molar-refractivity contribution in [3.8, 4) is 0 Å². The summed E-state index contributed by atoms with van der Waals surface area (Å²) in [6.07, 6.45) is 2.33. The average Bonchev–Trinajstić information content (AvgIpc) is 2.49. The first-order chi connectivity index (χ1) is 11.5. The van der Waals surface area contributed by atoms with Gasteiger partial charge < -0.3 is 25.3 Å². The monoisotopic (exact) mass is 359 g/mol. The Morgan fingerprint density at radius 2 is 1.60 bits per heavy atom. The average molecular weight is 359 g/mol. The Bertz CT molecular complexity index is 420. The molecule has 1 saturated heterocycles. The van der Waals surface area contributed by atoms with Gasteiger partial charge in [-0.2, -0.15) is 0 Å². The maximum Gasteiger partial charge on any atom is 0.414 e. The highest BCUT2D eigenvalue weighted by atomic mass is 16.4.